The number of carbonyl (C=O) groups is 1. The zero-order valence-corrected chi connectivity index (χ0v) is 14.4. The van der Waals surface area contributed by atoms with Gasteiger partial charge in [0.2, 0.25) is 0 Å². The molecule has 0 N–H and O–H groups in total. The van der Waals surface area contributed by atoms with Gasteiger partial charge in [-0.05, 0) is 6.07 Å². The zero-order valence-electron chi connectivity index (χ0n) is 10.6. The van der Waals surface area contributed by atoms with E-state index in [2.05, 4.69) is 4.98 Å². The van der Waals surface area contributed by atoms with Crippen LogP contribution < -0.4 is 4.74 Å². The van der Waals surface area contributed by atoms with Gasteiger partial charge in [0.25, 0.3) is 5.69 Å². The van der Waals surface area contributed by atoms with Gasteiger partial charge in [-0.15, -0.1) is 0 Å². The third kappa shape index (κ3) is 3.79. The maximum Gasteiger partial charge on any atom is 0.364 e. The van der Waals surface area contributed by atoms with Gasteiger partial charge in [-0.1, -0.05) is 58.0 Å². The van der Waals surface area contributed by atoms with Gasteiger partial charge in [-0.25, -0.2) is 9.78 Å². The Morgan fingerprint density at radius 3 is 2.30 bits per heavy atom. The topological polar surface area (TPSA) is 82.3 Å². The fourth-order valence-corrected chi connectivity index (χ4v) is 2.48. The summed E-state index contributed by atoms with van der Waals surface area (Å²) in [4.78, 5) is 25.8. The van der Waals surface area contributed by atoms with E-state index in [1.165, 1.54) is 0 Å². The van der Waals surface area contributed by atoms with Gasteiger partial charge in [0.15, 0.2) is 5.69 Å². The van der Waals surface area contributed by atoms with Gasteiger partial charge in [-0.3, -0.25) is 10.1 Å². The predicted molar refractivity (Wildman–Crippen MR) is 87.3 cm³/mol. The molecule has 2 aromatic rings. The second-order valence-corrected chi connectivity index (χ2v) is 5.85. The van der Waals surface area contributed by atoms with Gasteiger partial charge in [0, 0.05) is 12.1 Å². The molecular weight excluding hydrogens is 413 g/mol. The minimum Gasteiger partial charge on any atom is -0.420 e. The maximum atomic E-state index is 12.1. The highest BCUT2D eigenvalue weighted by molar-refractivity contribution is 6.52. The standard InChI is InChI=1S/C12H3Cl5N2O4/c13-5-3-4(19(21)22)1-2-6(5)23-12(20)10-8(15)7(14)9(16)11(17)18-10/h1-3H. The van der Waals surface area contributed by atoms with Crippen LogP contribution in [-0.4, -0.2) is 15.9 Å². The number of aromatic nitrogens is 1. The summed E-state index contributed by atoms with van der Waals surface area (Å²) >= 11 is 29.0. The molecule has 6 nitrogen and oxygen atoms in total. The van der Waals surface area contributed by atoms with Crippen molar-refractivity contribution in [3.63, 3.8) is 0 Å². The Balaban J connectivity index is 2.35. The molecule has 0 aliphatic heterocycles. The summed E-state index contributed by atoms with van der Waals surface area (Å²) in [6, 6.07) is 3.30. The fraction of sp³-hybridized carbons (Fsp3) is 0. The van der Waals surface area contributed by atoms with Crippen molar-refractivity contribution in [2.24, 2.45) is 0 Å². The van der Waals surface area contributed by atoms with Crippen molar-refractivity contribution in [2.45, 2.75) is 0 Å². The Labute approximate surface area is 154 Å². The number of benzene rings is 1. The lowest BCUT2D eigenvalue weighted by atomic mass is 10.3. The number of pyridine rings is 1. The molecular formula is C12H3Cl5N2O4. The predicted octanol–water partition coefficient (Wildman–Crippen LogP) is 5.48. The Morgan fingerprint density at radius 2 is 1.74 bits per heavy atom. The van der Waals surface area contributed by atoms with Crippen LogP contribution in [-0.2, 0) is 0 Å². The minimum absolute atomic E-state index is 0.108. The van der Waals surface area contributed by atoms with Crippen LogP contribution in [0.3, 0.4) is 0 Å². The Morgan fingerprint density at radius 1 is 1.09 bits per heavy atom. The SMILES string of the molecule is O=C(Oc1ccc([N+](=O)[O-])cc1Cl)c1nc(Cl)c(Cl)c(Cl)c1Cl. The van der Waals surface area contributed by atoms with E-state index in [1.807, 2.05) is 0 Å². The van der Waals surface area contributed by atoms with Crippen molar-refractivity contribution in [1.82, 2.24) is 4.98 Å². The third-order valence-electron chi connectivity index (χ3n) is 2.51. The molecule has 0 saturated heterocycles. The third-order valence-corrected chi connectivity index (χ3v) is 4.48. The number of rotatable bonds is 3. The van der Waals surface area contributed by atoms with Crippen LogP contribution in [0, 0.1) is 10.1 Å². The van der Waals surface area contributed by atoms with Gasteiger partial charge in [-0.2, -0.15) is 0 Å². The summed E-state index contributed by atoms with van der Waals surface area (Å²) in [7, 11) is 0. The molecule has 0 unspecified atom stereocenters. The second kappa shape index (κ2) is 7.07. The highest BCUT2D eigenvalue weighted by Crippen LogP contribution is 2.37. The van der Waals surface area contributed by atoms with Crippen LogP contribution in [0.25, 0.3) is 0 Å². The van der Waals surface area contributed by atoms with Gasteiger partial charge in [0.05, 0.1) is 25.0 Å². The van der Waals surface area contributed by atoms with Crippen molar-refractivity contribution in [3.8, 4) is 5.75 Å². The lowest BCUT2D eigenvalue weighted by Gasteiger charge is -2.09. The molecule has 0 bridgehead atoms. The largest absolute Gasteiger partial charge is 0.420 e. The molecule has 0 spiro atoms. The molecule has 0 atom stereocenters. The normalized spacial score (nSPS) is 10.5. The number of nitro groups is 1. The summed E-state index contributed by atoms with van der Waals surface area (Å²) < 4.78 is 5.00. The number of hydrogen-bond acceptors (Lipinski definition) is 5. The van der Waals surface area contributed by atoms with E-state index in [0.29, 0.717) is 0 Å². The minimum atomic E-state index is -1.01. The first kappa shape index (κ1) is 18.0. The van der Waals surface area contributed by atoms with Gasteiger partial charge in [0.1, 0.15) is 10.9 Å². The van der Waals surface area contributed by atoms with E-state index in [0.717, 1.165) is 18.2 Å². The summed E-state index contributed by atoms with van der Waals surface area (Å²) in [6.07, 6.45) is 0. The molecule has 0 aliphatic carbocycles. The fourth-order valence-electron chi connectivity index (χ4n) is 1.46. The number of nitro benzene ring substituents is 1. The van der Waals surface area contributed by atoms with Crippen LogP contribution >= 0.6 is 58.0 Å². The monoisotopic (exact) mass is 414 g/mol. The van der Waals surface area contributed by atoms with E-state index in [9.17, 15) is 14.9 Å². The van der Waals surface area contributed by atoms with Crippen molar-refractivity contribution in [3.05, 3.63) is 59.3 Å². The van der Waals surface area contributed by atoms with E-state index >= 15 is 0 Å². The van der Waals surface area contributed by atoms with E-state index in [4.69, 9.17) is 62.7 Å². The quantitative estimate of drug-likeness (QED) is 0.218. The average Bonchev–Trinajstić information content (AvgIpc) is 2.50. The number of carbonyl (C=O) groups excluding carboxylic acids is 1. The highest BCUT2D eigenvalue weighted by atomic mass is 35.5. The zero-order chi connectivity index (χ0) is 17.3. The van der Waals surface area contributed by atoms with Crippen LogP contribution in [0.5, 0.6) is 5.75 Å². The van der Waals surface area contributed by atoms with Crippen molar-refractivity contribution < 1.29 is 14.5 Å². The molecule has 0 saturated carbocycles. The van der Waals surface area contributed by atoms with Crippen molar-refractivity contribution in [2.75, 3.05) is 0 Å². The Hall–Kier alpha value is -1.31. The molecule has 1 aromatic heterocycles. The molecule has 1 aromatic carbocycles. The van der Waals surface area contributed by atoms with Crippen molar-refractivity contribution >= 4 is 69.7 Å². The molecule has 23 heavy (non-hydrogen) atoms. The molecule has 120 valence electrons. The van der Waals surface area contributed by atoms with Crippen molar-refractivity contribution in [1.29, 1.82) is 0 Å². The molecule has 0 aliphatic rings. The van der Waals surface area contributed by atoms with Crippen LogP contribution in [0.2, 0.25) is 25.2 Å². The molecule has 11 heteroatoms. The molecule has 2 rings (SSSR count). The Bertz CT molecular complexity index is 828. The lowest BCUT2D eigenvalue weighted by Crippen LogP contribution is -2.12. The van der Waals surface area contributed by atoms with Gasteiger partial charge >= 0.3 is 5.97 Å². The molecule has 0 amide bonds. The smallest absolute Gasteiger partial charge is 0.364 e. The first-order chi connectivity index (χ1) is 10.7. The maximum absolute atomic E-state index is 12.1. The number of nitrogens with zero attached hydrogens (tertiary/aromatic N) is 2. The van der Waals surface area contributed by atoms with E-state index < -0.39 is 10.9 Å². The molecule has 1 heterocycles. The van der Waals surface area contributed by atoms with Crippen LogP contribution in [0.1, 0.15) is 10.5 Å². The number of non-ortho nitro benzene ring substituents is 1. The molecule has 0 fully saturated rings. The molecule has 0 radical (unpaired) electrons. The van der Waals surface area contributed by atoms with Crippen LogP contribution in [0.4, 0.5) is 5.69 Å². The van der Waals surface area contributed by atoms with E-state index in [-0.39, 0.29) is 42.4 Å². The number of hydrogen-bond donors (Lipinski definition) is 0. The summed E-state index contributed by atoms with van der Waals surface area (Å²) in [6.45, 7) is 0. The number of esters is 1. The lowest BCUT2D eigenvalue weighted by molar-refractivity contribution is -0.384. The highest BCUT2D eigenvalue weighted by Gasteiger charge is 2.23. The number of ether oxygens (including phenoxy) is 1. The van der Waals surface area contributed by atoms with Crippen LogP contribution in [0.15, 0.2) is 18.2 Å². The Kier molecular flexibility index (Phi) is 5.54. The second-order valence-electron chi connectivity index (χ2n) is 3.95. The first-order valence-corrected chi connectivity index (χ1v) is 7.47. The van der Waals surface area contributed by atoms with E-state index in [1.54, 1.807) is 0 Å². The average molecular weight is 416 g/mol. The summed E-state index contributed by atoms with van der Waals surface area (Å²) in [5.74, 6) is -1.13. The number of halogens is 5. The van der Waals surface area contributed by atoms with Gasteiger partial charge < -0.3 is 4.74 Å². The summed E-state index contributed by atoms with van der Waals surface area (Å²) in [5, 5.41) is 9.74. The first-order valence-electron chi connectivity index (χ1n) is 5.58. The summed E-state index contributed by atoms with van der Waals surface area (Å²) in [5.41, 5.74) is -0.635.